The molecule has 0 saturated carbocycles. The van der Waals surface area contributed by atoms with Crippen molar-refractivity contribution >= 4 is 27.9 Å². The Kier molecular flexibility index (Phi) is 5.56. The number of esters is 1. The lowest BCUT2D eigenvalue weighted by molar-refractivity contribution is -0.143. The standard InChI is InChI=1S/C24H25N3O2/c1-3-20(21-9-7-17-6-5-13-25-24(17)26-21)18-8-10-22-19(16-18)11-14-27(22)15-12-23(28)29-4-2/h5-11,13-14,16,20H,3-4,12,15H2,1-2H3. The molecule has 0 fully saturated rings. The second-order valence-electron chi connectivity index (χ2n) is 7.13. The number of hydrogen-bond donors (Lipinski definition) is 0. The fourth-order valence-electron chi connectivity index (χ4n) is 3.85. The van der Waals surface area contributed by atoms with Crippen molar-refractivity contribution in [3.05, 3.63) is 72.2 Å². The van der Waals surface area contributed by atoms with E-state index in [0.29, 0.717) is 19.6 Å². The van der Waals surface area contributed by atoms with Gasteiger partial charge in [0.15, 0.2) is 5.65 Å². The van der Waals surface area contributed by atoms with Crippen LogP contribution in [0.4, 0.5) is 0 Å². The number of aromatic nitrogens is 3. The predicted molar refractivity (Wildman–Crippen MR) is 115 cm³/mol. The van der Waals surface area contributed by atoms with Crippen LogP contribution < -0.4 is 0 Å². The summed E-state index contributed by atoms with van der Waals surface area (Å²) in [6.45, 7) is 5.06. The van der Waals surface area contributed by atoms with Crippen molar-refractivity contribution in [1.82, 2.24) is 14.5 Å². The molecule has 0 aliphatic heterocycles. The molecule has 1 aromatic carbocycles. The average Bonchev–Trinajstić information content (AvgIpc) is 3.15. The minimum absolute atomic E-state index is 0.159. The van der Waals surface area contributed by atoms with Gasteiger partial charge in [0.2, 0.25) is 0 Å². The van der Waals surface area contributed by atoms with Crippen LogP contribution in [0.2, 0.25) is 0 Å². The van der Waals surface area contributed by atoms with Crippen molar-refractivity contribution in [3.8, 4) is 0 Å². The van der Waals surface area contributed by atoms with Gasteiger partial charge in [-0.15, -0.1) is 0 Å². The number of pyridine rings is 2. The van der Waals surface area contributed by atoms with Gasteiger partial charge in [0.05, 0.1) is 18.7 Å². The molecule has 29 heavy (non-hydrogen) atoms. The van der Waals surface area contributed by atoms with E-state index in [0.717, 1.165) is 28.7 Å². The highest BCUT2D eigenvalue weighted by Crippen LogP contribution is 2.30. The third-order valence-electron chi connectivity index (χ3n) is 5.31. The maximum absolute atomic E-state index is 11.7. The van der Waals surface area contributed by atoms with Crippen LogP contribution in [-0.2, 0) is 16.1 Å². The van der Waals surface area contributed by atoms with E-state index in [1.54, 1.807) is 6.20 Å². The molecule has 0 spiro atoms. The van der Waals surface area contributed by atoms with E-state index < -0.39 is 0 Å². The fourth-order valence-corrected chi connectivity index (χ4v) is 3.85. The number of nitrogens with zero attached hydrogens (tertiary/aromatic N) is 3. The van der Waals surface area contributed by atoms with E-state index in [-0.39, 0.29) is 11.9 Å². The lowest BCUT2D eigenvalue weighted by Crippen LogP contribution is -2.08. The van der Waals surface area contributed by atoms with E-state index >= 15 is 0 Å². The van der Waals surface area contributed by atoms with Crippen LogP contribution in [0.15, 0.2) is 60.9 Å². The molecule has 1 unspecified atom stereocenters. The summed E-state index contributed by atoms with van der Waals surface area (Å²) >= 11 is 0. The number of carbonyl (C=O) groups excluding carboxylic acids is 1. The van der Waals surface area contributed by atoms with E-state index in [4.69, 9.17) is 9.72 Å². The summed E-state index contributed by atoms with van der Waals surface area (Å²) < 4.78 is 7.14. The van der Waals surface area contributed by atoms with E-state index in [1.807, 2.05) is 25.3 Å². The molecule has 3 aromatic heterocycles. The fraction of sp³-hybridized carbons (Fsp3) is 0.292. The zero-order valence-corrected chi connectivity index (χ0v) is 16.8. The molecular formula is C24H25N3O2. The first-order valence-electron chi connectivity index (χ1n) is 10.2. The molecule has 4 rings (SSSR count). The van der Waals surface area contributed by atoms with Gasteiger partial charge in [-0.3, -0.25) is 4.79 Å². The summed E-state index contributed by atoms with van der Waals surface area (Å²) in [5.41, 5.74) is 4.20. The van der Waals surface area contributed by atoms with Crippen molar-refractivity contribution < 1.29 is 9.53 Å². The number of ether oxygens (including phenoxy) is 1. The summed E-state index contributed by atoms with van der Waals surface area (Å²) in [5, 5.41) is 2.23. The van der Waals surface area contributed by atoms with Crippen molar-refractivity contribution in [2.24, 2.45) is 0 Å². The first kappa shape index (κ1) is 19.1. The maximum Gasteiger partial charge on any atom is 0.307 e. The molecule has 4 aromatic rings. The first-order chi connectivity index (χ1) is 14.2. The van der Waals surface area contributed by atoms with Gasteiger partial charge in [-0.1, -0.05) is 13.0 Å². The second-order valence-corrected chi connectivity index (χ2v) is 7.13. The molecule has 1 atom stereocenters. The minimum atomic E-state index is -0.159. The molecular weight excluding hydrogens is 362 g/mol. The largest absolute Gasteiger partial charge is 0.466 e. The summed E-state index contributed by atoms with van der Waals surface area (Å²) in [5.74, 6) is 0.0571. The number of aryl methyl sites for hydroxylation is 1. The molecule has 0 radical (unpaired) electrons. The summed E-state index contributed by atoms with van der Waals surface area (Å²) in [6, 6.07) is 16.8. The Morgan fingerprint density at radius 2 is 2.00 bits per heavy atom. The number of hydrogen-bond acceptors (Lipinski definition) is 4. The molecule has 5 nitrogen and oxygen atoms in total. The number of carbonyl (C=O) groups is 1. The summed E-state index contributed by atoms with van der Waals surface area (Å²) in [6.07, 6.45) is 5.16. The van der Waals surface area contributed by atoms with Crippen LogP contribution in [0.25, 0.3) is 21.9 Å². The smallest absolute Gasteiger partial charge is 0.307 e. The van der Waals surface area contributed by atoms with Gasteiger partial charge in [0.25, 0.3) is 0 Å². The van der Waals surface area contributed by atoms with Crippen LogP contribution in [0.5, 0.6) is 0 Å². The van der Waals surface area contributed by atoms with Crippen molar-refractivity contribution in [1.29, 1.82) is 0 Å². The quantitative estimate of drug-likeness (QED) is 0.415. The summed E-state index contributed by atoms with van der Waals surface area (Å²) in [4.78, 5) is 20.9. The van der Waals surface area contributed by atoms with Crippen molar-refractivity contribution in [3.63, 3.8) is 0 Å². The highest BCUT2D eigenvalue weighted by Gasteiger charge is 2.16. The number of benzene rings is 1. The zero-order chi connectivity index (χ0) is 20.2. The monoisotopic (exact) mass is 387 g/mol. The van der Waals surface area contributed by atoms with Gasteiger partial charge in [-0.2, -0.15) is 0 Å². The Hall–Kier alpha value is -3.21. The van der Waals surface area contributed by atoms with Crippen LogP contribution in [-0.4, -0.2) is 27.1 Å². The molecule has 0 aliphatic rings. The molecule has 0 amide bonds. The predicted octanol–water partition coefficient (Wildman–Crippen LogP) is 5.08. The first-order valence-corrected chi connectivity index (χ1v) is 10.2. The molecule has 5 heteroatoms. The molecule has 0 bridgehead atoms. The van der Waals surface area contributed by atoms with E-state index in [1.165, 1.54) is 10.9 Å². The van der Waals surface area contributed by atoms with Crippen molar-refractivity contribution in [2.45, 2.75) is 39.2 Å². The van der Waals surface area contributed by atoms with Crippen LogP contribution >= 0.6 is 0 Å². The second kappa shape index (κ2) is 8.43. The normalized spacial score (nSPS) is 12.3. The average molecular weight is 387 g/mol. The third kappa shape index (κ3) is 3.99. The minimum Gasteiger partial charge on any atom is -0.466 e. The Morgan fingerprint density at radius 3 is 2.83 bits per heavy atom. The Labute approximate surface area is 170 Å². The lowest BCUT2D eigenvalue weighted by Gasteiger charge is -2.16. The van der Waals surface area contributed by atoms with Gasteiger partial charge in [-0.25, -0.2) is 9.97 Å². The number of fused-ring (bicyclic) bond motifs is 2. The van der Waals surface area contributed by atoms with Crippen LogP contribution in [0, 0.1) is 0 Å². The molecule has 3 heterocycles. The van der Waals surface area contributed by atoms with Crippen molar-refractivity contribution in [2.75, 3.05) is 6.61 Å². The summed E-state index contributed by atoms with van der Waals surface area (Å²) in [7, 11) is 0. The van der Waals surface area contributed by atoms with Gasteiger partial charge in [0.1, 0.15) is 0 Å². The Bertz CT molecular complexity index is 1150. The van der Waals surface area contributed by atoms with Crippen LogP contribution in [0.1, 0.15) is 43.9 Å². The van der Waals surface area contributed by atoms with Gasteiger partial charge in [0, 0.05) is 35.8 Å². The van der Waals surface area contributed by atoms with E-state index in [9.17, 15) is 4.79 Å². The lowest BCUT2D eigenvalue weighted by atomic mass is 9.92. The number of rotatable bonds is 7. The van der Waals surface area contributed by atoms with Gasteiger partial charge >= 0.3 is 5.97 Å². The maximum atomic E-state index is 11.7. The third-order valence-corrected chi connectivity index (χ3v) is 5.31. The van der Waals surface area contributed by atoms with Crippen LogP contribution in [0.3, 0.4) is 0 Å². The Balaban J connectivity index is 1.61. The Morgan fingerprint density at radius 1 is 1.10 bits per heavy atom. The van der Waals surface area contributed by atoms with E-state index in [2.05, 4.69) is 52.9 Å². The molecule has 0 aliphatic carbocycles. The highest BCUT2D eigenvalue weighted by molar-refractivity contribution is 5.81. The molecule has 0 N–H and O–H groups in total. The molecule has 0 saturated heterocycles. The molecule has 148 valence electrons. The van der Waals surface area contributed by atoms with Gasteiger partial charge < -0.3 is 9.30 Å². The topological polar surface area (TPSA) is 57.0 Å². The SMILES string of the molecule is CCOC(=O)CCn1ccc2cc(C(CC)c3ccc4cccnc4n3)ccc21. The zero-order valence-electron chi connectivity index (χ0n) is 16.8. The highest BCUT2D eigenvalue weighted by atomic mass is 16.5. The van der Waals surface area contributed by atoms with Gasteiger partial charge in [-0.05, 0) is 66.8 Å².